The minimum atomic E-state index is -3.13. The molecule has 2 heterocycles. The Morgan fingerprint density at radius 1 is 1.30 bits per heavy atom. The standard InChI is InChI=1S/C17H25N3O2S/c1-4-23(21,22)19-11-7-8-14(12-19)17-18-15-9-5-6-10-16(15)20(17)13(2)3/h5-6,9-10,13-14H,4,7-8,11-12H2,1-3H3/t14-/m0/s1. The summed E-state index contributed by atoms with van der Waals surface area (Å²) in [4.78, 5) is 4.84. The fraction of sp³-hybridized carbons (Fsp3) is 0.588. The van der Waals surface area contributed by atoms with Crippen molar-refractivity contribution in [1.29, 1.82) is 0 Å². The number of aromatic nitrogens is 2. The van der Waals surface area contributed by atoms with Crippen molar-refractivity contribution in [3.63, 3.8) is 0 Å². The number of piperidine rings is 1. The average molecular weight is 335 g/mol. The van der Waals surface area contributed by atoms with Gasteiger partial charge in [0, 0.05) is 25.0 Å². The Labute approximate surface area is 138 Å². The zero-order chi connectivity index (χ0) is 16.6. The van der Waals surface area contributed by atoms with Gasteiger partial charge in [-0.05, 0) is 45.7 Å². The Morgan fingerprint density at radius 2 is 2.04 bits per heavy atom. The van der Waals surface area contributed by atoms with Crippen molar-refractivity contribution in [3.8, 4) is 0 Å². The summed E-state index contributed by atoms with van der Waals surface area (Å²) in [7, 11) is -3.13. The predicted octanol–water partition coefficient (Wildman–Crippen LogP) is 3.15. The number of benzene rings is 1. The van der Waals surface area contributed by atoms with E-state index in [9.17, 15) is 8.42 Å². The molecule has 0 spiro atoms. The molecule has 0 saturated carbocycles. The third-order valence-electron chi connectivity index (χ3n) is 4.65. The largest absolute Gasteiger partial charge is 0.325 e. The van der Waals surface area contributed by atoms with Crippen LogP contribution in [0.5, 0.6) is 0 Å². The van der Waals surface area contributed by atoms with Gasteiger partial charge in [-0.25, -0.2) is 17.7 Å². The van der Waals surface area contributed by atoms with Crippen LogP contribution < -0.4 is 0 Å². The van der Waals surface area contributed by atoms with Gasteiger partial charge in [0.2, 0.25) is 10.0 Å². The van der Waals surface area contributed by atoms with E-state index in [2.05, 4.69) is 24.5 Å². The van der Waals surface area contributed by atoms with E-state index in [4.69, 9.17) is 4.98 Å². The number of hydrogen-bond acceptors (Lipinski definition) is 3. The van der Waals surface area contributed by atoms with E-state index in [1.54, 1.807) is 11.2 Å². The molecule has 0 unspecified atom stereocenters. The van der Waals surface area contributed by atoms with E-state index in [1.807, 2.05) is 18.2 Å². The van der Waals surface area contributed by atoms with Crippen molar-refractivity contribution in [2.24, 2.45) is 0 Å². The lowest BCUT2D eigenvalue weighted by Gasteiger charge is -2.32. The molecule has 1 aliphatic rings. The third kappa shape index (κ3) is 3.02. The molecular formula is C17H25N3O2S. The summed E-state index contributed by atoms with van der Waals surface area (Å²) >= 11 is 0. The van der Waals surface area contributed by atoms with Gasteiger partial charge in [0.1, 0.15) is 5.82 Å². The molecule has 1 fully saturated rings. The summed E-state index contributed by atoms with van der Waals surface area (Å²) in [5.74, 6) is 1.36. The number of nitrogens with zero attached hydrogens (tertiary/aromatic N) is 3. The molecule has 3 rings (SSSR count). The van der Waals surface area contributed by atoms with Gasteiger partial charge < -0.3 is 4.57 Å². The van der Waals surface area contributed by atoms with E-state index >= 15 is 0 Å². The third-order valence-corrected chi connectivity index (χ3v) is 6.49. The molecular weight excluding hydrogens is 310 g/mol. The van der Waals surface area contributed by atoms with E-state index in [1.165, 1.54) is 0 Å². The fourth-order valence-corrected chi connectivity index (χ4v) is 4.66. The number of imidazole rings is 1. The highest BCUT2D eigenvalue weighted by Crippen LogP contribution is 2.32. The first kappa shape index (κ1) is 16.5. The maximum Gasteiger partial charge on any atom is 0.213 e. The Bertz CT molecular complexity index is 795. The average Bonchev–Trinajstić information content (AvgIpc) is 2.94. The molecule has 2 aromatic rings. The SMILES string of the molecule is CCS(=O)(=O)N1CCC[C@H](c2nc3ccccc3n2C(C)C)C1. The van der Waals surface area contributed by atoms with Gasteiger partial charge in [0.15, 0.2) is 0 Å². The molecule has 1 aromatic carbocycles. The molecule has 0 N–H and O–H groups in total. The monoisotopic (exact) mass is 335 g/mol. The quantitative estimate of drug-likeness (QED) is 0.862. The number of rotatable bonds is 4. The van der Waals surface area contributed by atoms with Crippen molar-refractivity contribution in [2.45, 2.75) is 45.6 Å². The maximum absolute atomic E-state index is 12.2. The Hall–Kier alpha value is -1.40. The lowest BCUT2D eigenvalue weighted by molar-refractivity contribution is 0.304. The molecule has 23 heavy (non-hydrogen) atoms. The molecule has 0 amide bonds. The number of fused-ring (bicyclic) bond motifs is 1. The zero-order valence-electron chi connectivity index (χ0n) is 14.1. The predicted molar refractivity (Wildman–Crippen MR) is 93.1 cm³/mol. The Morgan fingerprint density at radius 3 is 2.74 bits per heavy atom. The number of para-hydroxylation sites is 2. The number of hydrogen-bond donors (Lipinski definition) is 0. The molecule has 1 aliphatic heterocycles. The minimum Gasteiger partial charge on any atom is -0.325 e. The summed E-state index contributed by atoms with van der Waals surface area (Å²) < 4.78 is 28.4. The van der Waals surface area contributed by atoms with Gasteiger partial charge in [-0.3, -0.25) is 0 Å². The van der Waals surface area contributed by atoms with Gasteiger partial charge in [-0.15, -0.1) is 0 Å². The second kappa shape index (κ2) is 6.24. The van der Waals surface area contributed by atoms with Crippen LogP contribution in [0.3, 0.4) is 0 Å². The first-order valence-electron chi connectivity index (χ1n) is 8.38. The van der Waals surface area contributed by atoms with Crippen LogP contribution in [0.1, 0.15) is 51.4 Å². The number of sulfonamides is 1. The van der Waals surface area contributed by atoms with E-state index in [0.29, 0.717) is 19.1 Å². The van der Waals surface area contributed by atoms with Gasteiger partial charge in [-0.2, -0.15) is 0 Å². The normalized spacial score (nSPS) is 20.4. The van der Waals surface area contributed by atoms with Crippen LogP contribution in [0.15, 0.2) is 24.3 Å². The topological polar surface area (TPSA) is 55.2 Å². The highest BCUT2D eigenvalue weighted by molar-refractivity contribution is 7.89. The lowest BCUT2D eigenvalue weighted by atomic mass is 9.98. The molecule has 0 aliphatic carbocycles. The van der Waals surface area contributed by atoms with E-state index in [0.717, 1.165) is 29.7 Å². The molecule has 5 nitrogen and oxygen atoms in total. The van der Waals surface area contributed by atoms with Crippen LogP contribution in [-0.4, -0.2) is 41.1 Å². The van der Waals surface area contributed by atoms with Crippen LogP contribution >= 0.6 is 0 Å². The van der Waals surface area contributed by atoms with Crippen LogP contribution in [-0.2, 0) is 10.0 Å². The maximum atomic E-state index is 12.2. The first-order chi connectivity index (χ1) is 10.9. The van der Waals surface area contributed by atoms with E-state index in [-0.39, 0.29) is 11.7 Å². The summed E-state index contributed by atoms with van der Waals surface area (Å²) in [5, 5.41) is 0. The summed E-state index contributed by atoms with van der Waals surface area (Å²) in [6.07, 6.45) is 1.89. The van der Waals surface area contributed by atoms with Gasteiger partial charge >= 0.3 is 0 Å². The summed E-state index contributed by atoms with van der Waals surface area (Å²) in [6.45, 7) is 7.20. The summed E-state index contributed by atoms with van der Waals surface area (Å²) in [5.41, 5.74) is 2.12. The van der Waals surface area contributed by atoms with Gasteiger partial charge in [-0.1, -0.05) is 12.1 Å². The van der Waals surface area contributed by atoms with Crippen molar-refractivity contribution in [2.75, 3.05) is 18.8 Å². The van der Waals surface area contributed by atoms with Crippen LogP contribution in [0.4, 0.5) is 0 Å². The lowest BCUT2D eigenvalue weighted by Crippen LogP contribution is -2.40. The molecule has 126 valence electrons. The van der Waals surface area contributed by atoms with Crippen LogP contribution in [0, 0.1) is 0 Å². The Balaban J connectivity index is 2.01. The van der Waals surface area contributed by atoms with Crippen LogP contribution in [0.25, 0.3) is 11.0 Å². The van der Waals surface area contributed by atoms with Crippen molar-refractivity contribution >= 4 is 21.1 Å². The second-order valence-electron chi connectivity index (χ2n) is 6.52. The highest BCUT2D eigenvalue weighted by Gasteiger charge is 2.31. The van der Waals surface area contributed by atoms with Crippen molar-refractivity contribution in [1.82, 2.24) is 13.9 Å². The smallest absolute Gasteiger partial charge is 0.213 e. The summed E-state index contributed by atoms with van der Waals surface area (Å²) in [6, 6.07) is 8.45. The van der Waals surface area contributed by atoms with Crippen LogP contribution in [0.2, 0.25) is 0 Å². The molecule has 6 heteroatoms. The minimum absolute atomic E-state index is 0.167. The highest BCUT2D eigenvalue weighted by atomic mass is 32.2. The van der Waals surface area contributed by atoms with E-state index < -0.39 is 10.0 Å². The zero-order valence-corrected chi connectivity index (χ0v) is 14.9. The molecule has 1 atom stereocenters. The fourth-order valence-electron chi connectivity index (χ4n) is 3.48. The van der Waals surface area contributed by atoms with Gasteiger partial charge in [0.25, 0.3) is 0 Å². The Kier molecular flexibility index (Phi) is 4.47. The first-order valence-corrected chi connectivity index (χ1v) is 9.99. The van der Waals surface area contributed by atoms with Crippen molar-refractivity contribution in [3.05, 3.63) is 30.1 Å². The molecule has 1 saturated heterocycles. The molecule has 1 aromatic heterocycles. The molecule has 0 radical (unpaired) electrons. The van der Waals surface area contributed by atoms with Crippen molar-refractivity contribution < 1.29 is 8.42 Å². The second-order valence-corrected chi connectivity index (χ2v) is 8.78. The molecule has 0 bridgehead atoms. The van der Waals surface area contributed by atoms with Gasteiger partial charge in [0.05, 0.1) is 16.8 Å².